The molecular weight excluding hydrogens is 168 g/mol. The van der Waals surface area contributed by atoms with Crippen LogP contribution in [0.2, 0.25) is 0 Å². The molecule has 2 N–H and O–H groups in total. The number of rotatable bonds is 4. The Bertz CT molecular complexity index is 180. The first kappa shape index (κ1) is 12.4. The first-order chi connectivity index (χ1) is 5.86. The van der Waals surface area contributed by atoms with Crippen molar-refractivity contribution in [2.24, 2.45) is 0 Å². The maximum Gasteiger partial charge on any atom is 0.242 e. The van der Waals surface area contributed by atoms with Crippen LogP contribution in [0.4, 0.5) is 0 Å². The fraction of sp³-hybridized carbons (Fsp3) is 0.889. The Kier molecular flexibility index (Phi) is 4.36. The van der Waals surface area contributed by atoms with Crippen molar-refractivity contribution >= 4 is 5.91 Å². The minimum Gasteiger partial charge on any atom is -0.394 e. The summed E-state index contributed by atoms with van der Waals surface area (Å²) in [6.45, 7) is 5.43. The number of hydrogen-bond acceptors (Lipinski definition) is 3. The van der Waals surface area contributed by atoms with E-state index in [-0.39, 0.29) is 18.6 Å². The molecule has 0 aromatic heterocycles. The molecule has 0 aromatic rings. The van der Waals surface area contributed by atoms with Gasteiger partial charge >= 0.3 is 0 Å². The van der Waals surface area contributed by atoms with Crippen molar-refractivity contribution in [3.8, 4) is 0 Å². The molecule has 1 atom stereocenters. The van der Waals surface area contributed by atoms with Crippen LogP contribution in [0.5, 0.6) is 0 Å². The summed E-state index contributed by atoms with van der Waals surface area (Å²) >= 11 is 0. The van der Waals surface area contributed by atoms with E-state index in [4.69, 9.17) is 5.11 Å². The molecule has 4 nitrogen and oxygen atoms in total. The molecule has 0 aliphatic heterocycles. The lowest BCUT2D eigenvalue weighted by molar-refractivity contribution is -0.138. The van der Waals surface area contributed by atoms with Crippen LogP contribution in [0, 0.1) is 0 Å². The average molecular weight is 188 g/mol. The average Bonchev–Trinajstić information content (AvgIpc) is 2.14. The van der Waals surface area contributed by atoms with Crippen molar-refractivity contribution in [1.82, 2.24) is 10.2 Å². The molecule has 0 rings (SSSR count). The number of nitrogens with one attached hydrogen (secondary N) is 1. The second kappa shape index (κ2) is 4.58. The Morgan fingerprint density at radius 1 is 1.62 bits per heavy atom. The Hall–Kier alpha value is -0.610. The minimum atomic E-state index is -0.571. The van der Waals surface area contributed by atoms with Gasteiger partial charge in [0.1, 0.15) is 0 Å². The van der Waals surface area contributed by atoms with E-state index in [9.17, 15) is 4.79 Å². The van der Waals surface area contributed by atoms with E-state index in [0.29, 0.717) is 0 Å². The lowest BCUT2D eigenvalue weighted by atomic mass is 10.0. The Morgan fingerprint density at radius 2 is 2.08 bits per heavy atom. The molecule has 0 heterocycles. The van der Waals surface area contributed by atoms with Crippen LogP contribution in [0.3, 0.4) is 0 Å². The van der Waals surface area contributed by atoms with Gasteiger partial charge in [-0.15, -0.1) is 0 Å². The zero-order valence-electron chi connectivity index (χ0n) is 9.09. The number of hydrogen-bond donors (Lipinski definition) is 2. The molecule has 0 aromatic carbocycles. The third kappa shape index (κ3) is 2.97. The van der Waals surface area contributed by atoms with Crippen LogP contribution in [0.15, 0.2) is 0 Å². The van der Waals surface area contributed by atoms with E-state index >= 15 is 0 Å². The minimum absolute atomic E-state index is 0.0119. The zero-order chi connectivity index (χ0) is 10.6. The predicted molar refractivity (Wildman–Crippen MR) is 52.5 cm³/mol. The van der Waals surface area contributed by atoms with E-state index < -0.39 is 5.54 Å². The second-order valence-corrected chi connectivity index (χ2v) is 3.82. The zero-order valence-corrected chi connectivity index (χ0v) is 9.09. The first-order valence-corrected chi connectivity index (χ1v) is 4.43. The molecule has 78 valence electrons. The number of carbonyl (C=O) groups excluding carboxylic acids is 1. The van der Waals surface area contributed by atoms with Crippen LogP contribution in [0.1, 0.15) is 20.8 Å². The Labute approximate surface area is 79.9 Å². The smallest absolute Gasteiger partial charge is 0.242 e. The van der Waals surface area contributed by atoms with Crippen LogP contribution < -0.4 is 5.32 Å². The van der Waals surface area contributed by atoms with E-state index in [2.05, 4.69) is 5.32 Å². The SMILES string of the molecule is CNC(C)(C)C(=O)N(C)C(C)CO. The van der Waals surface area contributed by atoms with E-state index in [0.717, 1.165) is 0 Å². The van der Waals surface area contributed by atoms with Gasteiger partial charge < -0.3 is 15.3 Å². The molecule has 0 radical (unpaired) electrons. The topological polar surface area (TPSA) is 52.6 Å². The lowest BCUT2D eigenvalue weighted by Crippen LogP contribution is -2.54. The molecule has 0 aliphatic carbocycles. The van der Waals surface area contributed by atoms with Gasteiger partial charge in [-0.05, 0) is 27.8 Å². The largest absolute Gasteiger partial charge is 0.394 e. The van der Waals surface area contributed by atoms with Crippen molar-refractivity contribution in [1.29, 1.82) is 0 Å². The van der Waals surface area contributed by atoms with Gasteiger partial charge in [-0.1, -0.05) is 0 Å². The van der Waals surface area contributed by atoms with Crippen molar-refractivity contribution in [2.75, 3.05) is 20.7 Å². The van der Waals surface area contributed by atoms with E-state index in [1.54, 1.807) is 19.0 Å². The number of carbonyl (C=O) groups is 1. The molecule has 0 aliphatic rings. The summed E-state index contributed by atoms with van der Waals surface area (Å²) < 4.78 is 0. The quantitative estimate of drug-likeness (QED) is 0.643. The highest BCUT2D eigenvalue weighted by molar-refractivity contribution is 5.85. The van der Waals surface area contributed by atoms with Crippen molar-refractivity contribution in [3.05, 3.63) is 0 Å². The predicted octanol–water partition coefficient (Wildman–Crippen LogP) is -0.176. The summed E-state index contributed by atoms with van der Waals surface area (Å²) in [5, 5.41) is 11.8. The summed E-state index contributed by atoms with van der Waals surface area (Å²) in [6.07, 6.45) is 0. The number of aliphatic hydroxyl groups is 1. The van der Waals surface area contributed by atoms with Crippen LogP contribution in [0.25, 0.3) is 0 Å². The van der Waals surface area contributed by atoms with Crippen molar-refractivity contribution in [2.45, 2.75) is 32.4 Å². The van der Waals surface area contributed by atoms with E-state index in [1.807, 2.05) is 20.8 Å². The lowest BCUT2D eigenvalue weighted by Gasteiger charge is -2.32. The summed E-state index contributed by atoms with van der Waals surface area (Å²) in [6, 6.07) is -0.139. The monoisotopic (exact) mass is 188 g/mol. The summed E-state index contributed by atoms with van der Waals surface area (Å²) in [7, 11) is 3.44. The summed E-state index contributed by atoms with van der Waals surface area (Å²) in [4.78, 5) is 13.3. The van der Waals surface area contributed by atoms with Gasteiger partial charge in [0.2, 0.25) is 5.91 Å². The fourth-order valence-electron chi connectivity index (χ4n) is 0.870. The normalized spacial score (nSPS) is 14.0. The third-order valence-electron chi connectivity index (χ3n) is 2.41. The van der Waals surface area contributed by atoms with Gasteiger partial charge in [0.15, 0.2) is 0 Å². The fourth-order valence-corrected chi connectivity index (χ4v) is 0.870. The summed E-state index contributed by atoms with van der Waals surface area (Å²) in [5.74, 6) is -0.0171. The van der Waals surface area contributed by atoms with Crippen molar-refractivity contribution < 1.29 is 9.90 Å². The second-order valence-electron chi connectivity index (χ2n) is 3.82. The number of nitrogens with zero attached hydrogens (tertiary/aromatic N) is 1. The molecule has 0 spiro atoms. The third-order valence-corrected chi connectivity index (χ3v) is 2.41. The molecule has 13 heavy (non-hydrogen) atoms. The van der Waals surface area contributed by atoms with Crippen LogP contribution >= 0.6 is 0 Å². The van der Waals surface area contributed by atoms with Gasteiger partial charge in [0.05, 0.1) is 18.2 Å². The van der Waals surface area contributed by atoms with Gasteiger partial charge in [-0.2, -0.15) is 0 Å². The molecule has 1 amide bonds. The standard InChI is InChI=1S/C9H20N2O2/c1-7(6-12)11(5)8(13)9(2,3)10-4/h7,10,12H,6H2,1-5H3. The van der Waals surface area contributed by atoms with Gasteiger partial charge in [0.25, 0.3) is 0 Å². The molecule has 1 unspecified atom stereocenters. The van der Waals surface area contributed by atoms with Crippen molar-refractivity contribution in [3.63, 3.8) is 0 Å². The van der Waals surface area contributed by atoms with Crippen LogP contribution in [-0.4, -0.2) is 48.2 Å². The first-order valence-electron chi connectivity index (χ1n) is 4.43. The number of aliphatic hydroxyl groups excluding tert-OH is 1. The summed E-state index contributed by atoms with van der Waals surface area (Å²) in [5.41, 5.74) is -0.571. The molecule has 4 heteroatoms. The highest BCUT2D eigenvalue weighted by Gasteiger charge is 2.30. The molecule has 0 saturated heterocycles. The van der Waals surface area contributed by atoms with E-state index in [1.165, 1.54) is 0 Å². The molecule has 0 fully saturated rings. The van der Waals surface area contributed by atoms with Gasteiger partial charge in [-0.3, -0.25) is 4.79 Å². The molecule has 0 saturated carbocycles. The number of likely N-dealkylation sites (N-methyl/N-ethyl adjacent to an activating group) is 2. The maximum atomic E-state index is 11.7. The Morgan fingerprint density at radius 3 is 2.38 bits per heavy atom. The Balaban J connectivity index is 4.42. The highest BCUT2D eigenvalue weighted by Crippen LogP contribution is 2.08. The van der Waals surface area contributed by atoms with Gasteiger partial charge in [-0.25, -0.2) is 0 Å². The number of amides is 1. The maximum absolute atomic E-state index is 11.7. The molecular formula is C9H20N2O2. The van der Waals surface area contributed by atoms with Gasteiger partial charge in [0, 0.05) is 7.05 Å². The molecule has 0 bridgehead atoms. The highest BCUT2D eigenvalue weighted by atomic mass is 16.3. The van der Waals surface area contributed by atoms with Crippen LogP contribution in [-0.2, 0) is 4.79 Å².